The quantitative estimate of drug-likeness (QED) is 0.172. The minimum atomic E-state index is -1.84. The number of rotatable bonds is 13. The van der Waals surface area contributed by atoms with Gasteiger partial charge in [-0.1, -0.05) is 108 Å². The first-order chi connectivity index (χ1) is 46.6. The van der Waals surface area contributed by atoms with Gasteiger partial charge in [0.25, 0.3) is 0 Å². The van der Waals surface area contributed by atoms with Crippen molar-refractivity contribution in [3.8, 4) is 0 Å². The van der Waals surface area contributed by atoms with E-state index in [1.54, 1.807) is 36.1 Å². The van der Waals surface area contributed by atoms with Gasteiger partial charge in [0.1, 0.15) is 59.7 Å². The average Bonchev–Trinajstić information content (AvgIpc) is 0.803. The summed E-state index contributed by atoms with van der Waals surface area (Å²) in [6.45, 7) is 15.5. The third kappa shape index (κ3) is 21.0. The lowest BCUT2D eigenvalue weighted by Gasteiger charge is -2.43. The fraction of sp³-hybridized carbons (Fsp3) is 0.589. The van der Waals surface area contributed by atoms with Crippen LogP contribution in [0, 0.1) is 34.1 Å². The SMILES string of the molecule is CC[C@H](C)[C@@H]1NC(=O)[C@H](CC(C)C)N(C)C(=O)C[C@@H](C(=O)N2CCCCC2)N(C)C(=O)[C@H](CC(C)C)NC(=O)C(C)(C)N(C)C(=O)[C@H](Cc2ccccc2F)NC(=O)[C@H](Cc2cccc(I)c2)NC(=O)CN(C)C(=O)[C@H](Cc2ccc(C)cc2)N(C)C(=O)[C@@H]2CCN2C(=O)CN(C)C1=O. The zero-order valence-electron chi connectivity index (χ0n) is 60.3. The average molecular weight is 1490 g/mol. The number of hydrogen-bond donors (Lipinski definition) is 4. The molecule has 0 spiro atoms. The topological polar surface area (TPSA) is 279 Å². The van der Waals surface area contributed by atoms with E-state index in [4.69, 9.17) is 0 Å². The molecule has 24 nitrogen and oxygen atoms in total. The van der Waals surface area contributed by atoms with Gasteiger partial charge in [-0.3, -0.25) is 57.5 Å². The number of carbonyl (C=O) groups is 12. The number of fused-ring (bicyclic) bond motifs is 1. The highest BCUT2D eigenvalue weighted by Crippen LogP contribution is 2.26. The summed E-state index contributed by atoms with van der Waals surface area (Å²) in [5, 5.41) is 11.3. The number of amides is 12. The van der Waals surface area contributed by atoms with Crippen molar-refractivity contribution in [2.75, 3.05) is 75.0 Å². The molecule has 12 amide bonds. The Morgan fingerprint density at radius 1 is 0.596 bits per heavy atom. The Balaban J connectivity index is 1.45. The highest BCUT2D eigenvalue weighted by atomic mass is 127. The molecule has 26 heteroatoms. The molecule has 0 bridgehead atoms. The molecule has 542 valence electrons. The number of nitrogens with one attached hydrogen (secondary N) is 4. The van der Waals surface area contributed by atoms with Gasteiger partial charge in [-0.25, -0.2) is 4.39 Å². The third-order valence-electron chi connectivity index (χ3n) is 19.6. The van der Waals surface area contributed by atoms with Crippen LogP contribution in [0.15, 0.2) is 72.8 Å². The molecule has 0 unspecified atom stereocenters. The van der Waals surface area contributed by atoms with Gasteiger partial charge < -0.3 is 60.5 Å². The molecule has 4 N–H and O–H groups in total. The van der Waals surface area contributed by atoms with Crippen molar-refractivity contribution in [3.05, 3.63) is 104 Å². The van der Waals surface area contributed by atoms with Crippen molar-refractivity contribution >= 4 is 93.5 Å². The van der Waals surface area contributed by atoms with Crippen molar-refractivity contribution in [3.63, 3.8) is 0 Å². The van der Waals surface area contributed by atoms with Gasteiger partial charge in [0.15, 0.2) is 0 Å². The van der Waals surface area contributed by atoms with Crippen LogP contribution in [-0.4, -0.2) is 239 Å². The summed E-state index contributed by atoms with van der Waals surface area (Å²) in [4.78, 5) is 188. The van der Waals surface area contributed by atoms with Gasteiger partial charge in [-0.15, -0.1) is 0 Å². The molecule has 3 heterocycles. The maximum atomic E-state index is 15.8. The fourth-order valence-corrected chi connectivity index (χ4v) is 13.2. The van der Waals surface area contributed by atoms with Gasteiger partial charge in [0.2, 0.25) is 70.9 Å². The molecule has 0 radical (unpaired) electrons. The lowest BCUT2D eigenvalue weighted by molar-refractivity contribution is -0.157. The first-order valence-electron chi connectivity index (χ1n) is 34.5. The summed E-state index contributed by atoms with van der Waals surface area (Å²) in [5.74, 6) is -10.0. The number of carbonyl (C=O) groups excluding carboxylic acids is 12. The van der Waals surface area contributed by atoms with Crippen LogP contribution in [-0.2, 0) is 76.8 Å². The molecule has 99 heavy (non-hydrogen) atoms. The number of piperidine rings is 1. The smallest absolute Gasteiger partial charge is 0.246 e. The summed E-state index contributed by atoms with van der Waals surface area (Å²) in [5.41, 5.74) is 0.414. The minimum absolute atomic E-state index is 0.00907. The van der Waals surface area contributed by atoms with Crippen LogP contribution in [0.3, 0.4) is 0 Å². The van der Waals surface area contributed by atoms with Crippen LogP contribution >= 0.6 is 22.6 Å². The van der Waals surface area contributed by atoms with E-state index in [0.717, 1.165) is 30.3 Å². The predicted octanol–water partition coefficient (Wildman–Crippen LogP) is 4.50. The van der Waals surface area contributed by atoms with E-state index in [1.807, 2.05) is 71.9 Å². The Kier molecular flexibility index (Phi) is 28.9. The first-order valence-corrected chi connectivity index (χ1v) is 35.5. The standard InChI is InChI=1S/C73H104FIN12O12/c1-16-47(7)63-71(98)81(11)43-62(90)87-34-31-56(87)69(96)84(14)58(39-48-29-27-46(6)28-30-48)68(95)80(10)42-60(88)76-53(38-49-23-22-25-51(75)37-49)64(91)77-55(40-50-24-18-19-26-52(50)74)67(94)85(15)73(8,9)72(99)78-54(35-44(2)3)66(93)83(13)59(70(97)86-32-20-17-21-33-86)41-61(89)82(12)57(36-45(4)5)65(92)79-63/h18-19,22-30,37,44-45,47,53-59,63H,16-17,20-21,31-36,38-43H2,1-15H3,(H,76,88)(H,77,91)(H,78,99)(H,79,92)/t47-,53-,54-,55-,56-,57-,58-,59-,63-/m0/s1. The van der Waals surface area contributed by atoms with E-state index in [0.29, 0.717) is 43.5 Å². The maximum absolute atomic E-state index is 15.8. The normalized spacial score (nSPS) is 24.5. The molecule has 0 saturated carbocycles. The monoisotopic (exact) mass is 1490 g/mol. The summed E-state index contributed by atoms with van der Waals surface area (Å²) >= 11 is 2.11. The number of likely N-dealkylation sites (N-methyl/N-ethyl adjacent to an activating group) is 6. The van der Waals surface area contributed by atoms with E-state index in [1.165, 1.54) is 93.9 Å². The summed E-state index contributed by atoms with van der Waals surface area (Å²) in [7, 11) is 8.36. The van der Waals surface area contributed by atoms with E-state index in [9.17, 15) is 38.4 Å². The van der Waals surface area contributed by atoms with E-state index in [-0.39, 0.29) is 56.0 Å². The Morgan fingerprint density at radius 2 is 1.23 bits per heavy atom. The predicted molar refractivity (Wildman–Crippen MR) is 381 cm³/mol. The first kappa shape index (κ1) is 79.9. The summed E-state index contributed by atoms with van der Waals surface area (Å²) in [6.07, 6.45) is 1.84. The second-order valence-electron chi connectivity index (χ2n) is 28.4. The molecule has 6 rings (SSSR count). The second kappa shape index (κ2) is 35.8. The van der Waals surface area contributed by atoms with Gasteiger partial charge in [0.05, 0.1) is 19.5 Å². The van der Waals surface area contributed by atoms with Crippen LogP contribution in [0.25, 0.3) is 0 Å². The van der Waals surface area contributed by atoms with Crippen LogP contribution in [0.5, 0.6) is 0 Å². The number of benzene rings is 3. The molecule has 3 saturated heterocycles. The molecule has 3 fully saturated rings. The minimum Gasteiger partial charge on any atom is -0.342 e. The zero-order chi connectivity index (χ0) is 73.5. The van der Waals surface area contributed by atoms with Crippen LogP contribution < -0.4 is 21.3 Å². The van der Waals surface area contributed by atoms with Gasteiger partial charge in [-0.2, -0.15) is 0 Å². The summed E-state index contributed by atoms with van der Waals surface area (Å²) < 4.78 is 16.6. The number of hydrogen-bond acceptors (Lipinski definition) is 12. The molecular weight excluding hydrogens is 1380 g/mol. The van der Waals surface area contributed by atoms with E-state index >= 15 is 23.6 Å². The largest absolute Gasteiger partial charge is 0.342 e. The van der Waals surface area contributed by atoms with Crippen molar-refractivity contribution in [2.45, 2.75) is 187 Å². The van der Waals surface area contributed by atoms with Crippen molar-refractivity contribution in [1.82, 2.24) is 60.5 Å². The fourth-order valence-electron chi connectivity index (χ4n) is 12.6. The lowest BCUT2D eigenvalue weighted by Crippen LogP contribution is -2.64. The number of aryl methyl sites for hydroxylation is 1. The van der Waals surface area contributed by atoms with Crippen molar-refractivity contribution in [2.24, 2.45) is 17.8 Å². The summed E-state index contributed by atoms with van der Waals surface area (Å²) in [6, 6.07) is 9.62. The van der Waals surface area contributed by atoms with E-state index in [2.05, 4.69) is 43.9 Å². The molecule has 3 aromatic rings. The Bertz CT molecular complexity index is 3420. The molecule has 3 aliphatic heterocycles. The van der Waals surface area contributed by atoms with Crippen LogP contribution in [0.2, 0.25) is 0 Å². The molecule has 3 aliphatic rings. The molecular formula is C73H104FIN12O12. The van der Waals surface area contributed by atoms with Crippen LogP contribution in [0.1, 0.15) is 129 Å². The number of likely N-dealkylation sites (tertiary alicyclic amines) is 1. The van der Waals surface area contributed by atoms with Crippen molar-refractivity contribution < 1.29 is 61.9 Å². The van der Waals surface area contributed by atoms with Crippen LogP contribution in [0.4, 0.5) is 4.39 Å². The van der Waals surface area contributed by atoms with Crippen molar-refractivity contribution in [1.29, 1.82) is 0 Å². The van der Waals surface area contributed by atoms with Gasteiger partial charge in [-0.05, 0) is 135 Å². The van der Waals surface area contributed by atoms with Gasteiger partial charge in [0, 0.05) is 84.8 Å². The highest BCUT2D eigenvalue weighted by molar-refractivity contribution is 14.1. The molecule has 0 aliphatic carbocycles. The Labute approximate surface area is 596 Å². The third-order valence-corrected chi connectivity index (χ3v) is 20.2. The molecule has 9 atom stereocenters. The van der Waals surface area contributed by atoms with Gasteiger partial charge >= 0.3 is 0 Å². The highest BCUT2D eigenvalue weighted by Gasteiger charge is 2.46. The number of nitrogens with zero attached hydrogens (tertiary/aromatic N) is 8. The molecule has 0 aromatic heterocycles. The second-order valence-corrected chi connectivity index (χ2v) is 29.7. The zero-order valence-corrected chi connectivity index (χ0v) is 62.5. The van der Waals surface area contributed by atoms with E-state index < -0.39 is 162 Å². The Hall–Kier alpha value is -8.04. The maximum Gasteiger partial charge on any atom is 0.246 e. The Morgan fingerprint density at radius 3 is 1.83 bits per heavy atom. The molecule has 3 aromatic carbocycles. The lowest BCUT2D eigenvalue weighted by atomic mass is 9.95. The number of halogens is 2.